The normalized spacial score (nSPS) is 10.1. The highest BCUT2D eigenvalue weighted by Crippen LogP contribution is 2.13. The quantitative estimate of drug-likeness (QED) is 0.901. The maximum Gasteiger partial charge on any atom is 0.337 e. The summed E-state index contributed by atoms with van der Waals surface area (Å²) in [6.07, 6.45) is 1.14. The lowest BCUT2D eigenvalue weighted by atomic mass is 10.1. The zero-order valence-corrected chi connectivity index (χ0v) is 10.6. The van der Waals surface area contributed by atoms with Gasteiger partial charge in [0.05, 0.1) is 5.56 Å². The fourth-order valence-corrected chi connectivity index (χ4v) is 1.62. The zero-order valence-electron chi connectivity index (χ0n) is 10.6. The first-order valence-electron chi connectivity index (χ1n) is 5.74. The van der Waals surface area contributed by atoms with E-state index in [1.165, 1.54) is 24.3 Å². The molecule has 0 fully saturated rings. The lowest BCUT2D eigenvalue weighted by molar-refractivity contribution is 0.0696. The molecule has 0 aliphatic carbocycles. The molecular formula is C14H11FN2O3. The second kappa shape index (κ2) is 5.48. The minimum Gasteiger partial charge on any atom is -0.478 e. The van der Waals surface area contributed by atoms with Crippen LogP contribution in [0.5, 0.6) is 0 Å². The molecule has 0 saturated heterocycles. The number of amides is 1. The number of aromatic nitrogens is 1. The van der Waals surface area contributed by atoms with Crippen molar-refractivity contribution in [3.8, 4) is 0 Å². The molecule has 20 heavy (non-hydrogen) atoms. The van der Waals surface area contributed by atoms with Crippen LogP contribution in [0.25, 0.3) is 0 Å². The summed E-state index contributed by atoms with van der Waals surface area (Å²) in [5.74, 6) is -1.91. The van der Waals surface area contributed by atoms with E-state index in [-0.39, 0.29) is 16.9 Å². The third kappa shape index (κ3) is 2.97. The van der Waals surface area contributed by atoms with Gasteiger partial charge in [-0.05, 0) is 36.8 Å². The summed E-state index contributed by atoms with van der Waals surface area (Å²) >= 11 is 0. The van der Waals surface area contributed by atoms with Gasteiger partial charge in [0.15, 0.2) is 0 Å². The minimum atomic E-state index is -1.10. The number of nitrogens with one attached hydrogen (secondary N) is 1. The summed E-state index contributed by atoms with van der Waals surface area (Å²) in [5, 5.41) is 11.2. The van der Waals surface area contributed by atoms with Crippen molar-refractivity contribution in [2.24, 2.45) is 0 Å². The predicted octanol–water partition coefficient (Wildman–Crippen LogP) is 2.48. The molecule has 0 radical (unpaired) electrons. The van der Waals surface area contributed by atoms with E-state index in [0.29, 0.717) is 5.56 Å². The summed E-state index contributed by atoms with van der Waals surface area (Å²) in [6, 6.07) is 6.60. The van der Waals surface area contributed by atoms with Crippen molar-refractivity contribution >= 4 is 17.7 Å². The van der Waals surface area contributed by atoms with Gasteiger partial charge in [-0.15, -0.1) is 0 Å². The Labute approximate surface area is 114 Å². The van der Waals surface area contributed by atoms with Crippen LogP contribution in [-0.2, 0) is 0 Å². The van der Waals surface area contributed by atoms with Crippen LogP contribution < -0.4 is 5.32 Å². The van der Waals surface area contributed by atoms with Crippen molar-refractivity contribution in [3.63, 3.8) is 0 Å². The maximum absolute atomic E-state index is 13.1. The van der Waals surface area contributed by atoms with Crippen molar-refractivity contribution in [2.45, 2.75) is 6.92 Å². The van der Waals surface area contributed by atoms with Crippen LogP contribution in [0.3, 0.4) is 0 Å². The molecule has 0 atom stereocenters. The number of rotatable bonds is 3. The van der Waals surface area contributed by atoms with E-state index in [2.05, 4.69) is 10.3 Å². The van der Waals surface area contributed by atoms with Gasteiger partial charge >= 0.3 is 5.97 Å². The summed E-state index contributed by atoms with van der Waals surface area (Å²) in [6.45, 7) is 1.69. The number of aryl methyl sites for hydroxylation is 1. The Bertz CT molecular complexity index is 669. The molecule has 2 N–H and O–H groups in total. The van der Waals surface area contributed by atoms with Crippen molar-refractivity contribution in [1.29, 1.82) is 0 Å². The van der Waals surface area contributed by atoms with Gasteiger partial charge in [0.2, 0.25) is 0 Å². The number of carbonyl (C=O) groups excluding carboxylic acids is 1. The maximum atomic E-state index is 13.1. The zero-order chi connectivity index (χ0) is 14.7. The fraction of sp³-hybridized carbons (Fsp3) is 0.0714. The molecule has 2 aromatic rings. The molecule has 0 bridgehead atoms. The van der Waals surface area contributed by atoms with Crippen molar-refractivity contribution in [1.82, 2.24) is 4.98 Å². The Kier molecular flexibility index (Phi) is 3.74. The molecule has 1 aromatic heterocycles. The van der Waals surface area contributed by atoms with Crippen LogP contribution in [0.2, 0.25) is 0 Å². The third-order valence-corrected chi connectivity index (χ3v) is 2.70. The Morgan fingerprint density at radius 2 is 2.00 bits per heavy atom. The van der Waals surface area contributed by atoms with Crippen LogP contribution in [0.1, 0.15) is 26.3 Å². The average molecular weight is 274 g/mol. The summed E-state index contributed by atoms with van der Waals surface area (Å²) in [4.78, 5) is 26.5. The molecule has 0 aliphatic rings. The van der Waals surface area contributed by atoms with E-state index in [1.807, 2.05) is 0 Å². The number of pyridine rings is 1. The SMILES string of the molecule is Cc1ccc(F)cc1C(=O)Nc1ccc(C(=O)O)cn1. The van der Waals surface area contributed by atoms with Gasteiger partial charge in [-0.25, -0.2) is 14.2 Å². The smallest absolute Gasteiger partial charge is 0.337 e. The standard InChI is InChI=1S/C14H11FN2O3/c1-8-2-4-10(15)6-11(8)13(18)17-12-5-3-9(7-16-12)14(19)20/h2-7H,1H3,(H,19,20)(H,16,17,18). The first-order valence-corrected chi connectivity index (χ1v) is 5.74. The van der Waals surface area contributed by atoms with Crippen LogP contribution in [0.15, 0.2) is 36.5 Å². The molecular weight excluding hydrogens is 263 g/mol. The minimum absolute atomic E-state index is 0.0185. The molecule has 0 saturated carbocycles. The van der Waals surface area contributed by atoms with E-state index >= 15 is 0 Å². The molecule has 102 valence electrons. The highest BCUT2D eigenvalue weighted by atomic mass is 19.1. The van der Waals surface area contributed by atoms with E-state index in [4.69, 9.17) is 5.11 Å². The fourth-order valence-electron chi connectivity index (χ4n) is 1.62. The number of carboxylic acids is 1. The number of halogens is 1. The number of carbonyl (C=O) groups is 2. The van der Waals surface area contributed by atoms with Gasteiger partial charge < -0.3 is 10.4 Å². The first-order chi connectivity index (χ1) is 9.47. The molecule has 5 nitrogen and oxygen atoms in total. The number of hydrogen-bond donors (Lipinski definition) is 2. The van der Waals surface area contributed by atoms with Crippen LogP contribution in [0.4, 0.5) is 10.2 Å². The lowest BCUT2D eigenvalue weighted by Crippen LogP contribution is -2.14. The Hall–Kier alpha value is -2.76. The van der Waals surface area contributed by atoms with Crippen molar-refractivity contribution < 1.29 is 19.1 Å². The monoisotopic (exact) mass is 274 g/mol. The lowest BCUT2D eigenvalue weighted by Gasteiger charge is -2.07. The summed E-state index contributed by atoms with van der Waals surface area (Å²) in [7, 11) is 0. The Balaban J connectivity index is 2.19. The molecule has 6 heteroatoms. The predicted molar refractivity (Wildman–Crippen MR) is 70.3 cm³/mol. The van der Waals surface area contributed by atoms with Gasteiger partial charge in [0, 0.05) is 11.8 Å². The number of anilines is 1. The highest BCUT2D eigenvalue weighted by molar-refractivity contribution is 6.04. The second-order valence-corrected chi connectivity index (χ2v) is 4.15. The van der Waals surface area contributed by atoms with E-state index in [1.54, 1.807) is 6.92 Å². The van der Waals surface area contributed by atoms with Crippen molar-refractivity contribution in [3.05, 3.63) is 59.0 Å². The molecule has 1 amide bonds. The first kappa shape index (κ1) is 13.7. The molecule has 1 heterocycles. The second-order valence-electron chi connectivity index (χ2n) is 4.15. The summed E-state index contributed by atoms with van der Waals surface area (Å²) in [5.41, 5.74) is 0.852. The molecule has 1 aromatic carbocycles. The average Bonchev–Trinajstić information content (AvgIpc) is 2.42. The number of nitrogens with zero attached hydrogens (tertiary/aromatic N) is 1. The van der Waals surface area contributed by atoms with Gasteiger partial charge in [0.1, 0.15) is 11.6 Å². The van der Waals surface area contributed by atoms with E-state index in [0.717, 1.165) is 12.3 Å². The van der Waals surface area contributed by atoms with Gasteiger partial charge in [-0.3, -0.25) is 4.79 Å². The highest BCUT2D eigenvalue weighted by Gasteiger charge is 2.11. The Morgan fingerprint density at radius 3 is 2.60 bits per heavy atom. The molecule has 2 rings (SSSR count). The van der Waals surface area contributed by atoms with Gasteiger partial charge in [-0.2, -0.15) is 0 Å². The number of aromatic carboxylic acids is 1. The molecule has 0 aliphatic heterocycles. The number of carboxylic acid groups (broad SMARTS) is 1. The third-order valence-electron chi connectivity index (χ3n) is 2.70. The van der Waals surface area contributed by atoms with E-state index in [9.17, 15) is 14.0 Å². The molecule has 0 unspecified atom stereocenters. The van der Waals surface area contributed by atoms with Crippen LogP contribution in [-0.4, -0.2) is 22.0 Å². The summed E-state index contributed by atoms with van der Waals surface area (Å²) < 4.78 is 13.1. The number of hydrogen-bond acceptors (Lipinski definition) is 3. The topological polar surface area (TPSA) is 79.3 Å². The Morgan fingerprint density at radius 1 is 1.25 bits per heavy atom. The largest absolute Gasteiger partial charge is 0.478 e. The van der Waals surface area contributed by atoms with Gasteiger partial charge in [-0.1, -0.05) is 6.07 Å². The molecule has 0 spiro atoms. The van der Waals surface area contributed by atoms with Crippen LogP contribution in [0, 0.1) is 12.7 Å². The van der Waals surface area contributed by atoms with Crippen LogP contribution >= 0.6 is 0 Å². The van der Waals surface area contributed by atoms with E-state index < -0.39 is 17.7 Å². The van der Waals surface area contributed by atoms with Gasteiger partial charge in [0.25, 0.3) is 5.91 Å². The number of benzene rings is 1. The van der Waals surface area contributed by atoms with Crippen molar-refractivity contribution in [2.75, 3.05) is 5.32 Å².